The van der Waals surface area contributed by atoms with Crippen LogP contribution in [0.2, 0.25) is 5.82 Å². The molecular formula is C84H85B27. The number of benzene rings is 7. The van der Waals surface area contributed by atoms with Gasteiger partial charge in [-0.15, -0.1) is 36.1 Å². The summed E-state index contributed by atoms with van der Waals surface area (Å²) < 4.78 is 0. The van der Waals surface area contributed by atoms with Gasteiger partial charge in [-0.2, -0.15) is 0 Å². The van der Waals surface area contributed by atoms with Crippen LogP contribution in [0.15, 0.2) is 5.47 Å². The van der Waals surface area contributed by atoms with Gasteiger partial charge in [0.15, 0.2) is 0 Å². The molecule has 0 nitrogen and oxygen atoms in total. The van der Waals surface area contributed by atoms with Crippen LogP contribution in [0.4, 0.5) is 0 Å². The van der Waals surface area contributed by atoms with Crippen molar-refractivity contribution in [3.63, 3.8) is 0 Å². The molecule has 0 radical (unpaired) electrons. The van der Waals surface area contributed by atoms with Crippen molar-refractivity contribution >= 4 is 249 Å². The van der Waals surface area contributed by atoms with Crippen molar-refractivity contribution in [1.29, 1.82) is 0 Å². The predicted molar refractivity (Wildman–Crippen MR) is 553 cm³/mol. The second-order valence-electron chi connectivity index (χ2n) is 32.6. The molecule has 1 aliphatic rings. The minimum Gasteiger partial charge on any atom is -0.132 e. The number of terminal acetylenes is 3. The second-order valence-corrected chi connectivity index (χ2v) is 32.6. The molecule has 0 N–H and O–H groups in total. The van der Waals surface area contributed by atoms with Crippen LogP contribution in [0.5, 0.6) is 0 Å². The van der Waals surface area contributed by atoms with Gasteiger partial charge >= 0.3 is 0 Å². The van der Waals surface area contributed by atoms with Crippen molar-refractivity contribution < 1.29 is 0 Å². The topological polar surface area (TPSA) is 0 Å². The lowest BCUT2D eigenvalue weighted by molar-refractivity contribution is 0.903. The molecule has 0 bridgehead atoms. The van der Waals surface area contributed by atoms with Gasteiger partial charge in [0.2, 0.25) is 0 Å². The molecule has 7 aromatic carbocycles. The summed E-state index contributed by atoms with van der Waals surface area (Å²) in [5, 5.41) is 8.14. The fourth-order valence-corrected chi connectivity index (χ4v) is 19.5. The molecule has 1 aliphatic carbocycles. The number of hydrogen-bond acceptors (Lipinski definition) is 0. The monoisotopic (exact) mass is 1390 g/mol. The molecule has 0 saturated carbocycles. The number of fused-ring (bicyclic) bond motifs is 6. The Morgan fingerprint density at radius 1 is 0.297 bits per heavy atom. The lowest BCUT2D eigenvalue weighted by Crippen LogP contribution is -2.64. The normalized spacial score (nSPS) is 11.6. The van der Waals surface area contributed by atoms with Crippen molar-refractivity contribution in [2.75, 3.05) is 0 Å². The Morgan fingerprint density at radius 3 is 1.14 bits per heavy atom. The third kappa shape index (κ3) is 15.9. The van der Waals surface area contributed by atoms with E-state index in [0.29, 0.717) is 103 Å². The Hall–Kier alpha value is -9.53. The zero-order valence-corrected chi connectivity index (χ0v) is 72.6. The summed E-state index contributed by atoms with van der Waals surface area (Å²) in [5.41, 5.74) is 31.7. The molecule has 111 heavy (non-hydrogen) atoms. The lowest BCUT2D eigenvalue weighted by Gasteiger charge is -2.52. The third-order valence-electron chi connectivity index (χ3n) is 25.4. The van der Waals surface area contributed by atoms with Gasteiger partial charge in [-0.1, -0.05) is 70.0 Å². The summed E-state index contributed by atoms with van der Waals surface area (Å²) in [6.07, 6.45) is 20.2. The third-order valence-corrected chi connectivity index (χ3v) is 25.4. The van der Waals surface area contributed by atoms with Crippen molar-refractivity contribution in [2.24, 2.45) is 0 Å². The van der Waals surface area contributed by atoms with Crippen LogP contribution in [0.3, 0.4) is 0 Å². The largest absolute Gasteiger partial charge is 0.140 e. The van der Waals surface area contributed by atoms with Gasteiger partial charge in [0.25, 0.3) is 0 Å². The molecule has 0 amide bonds. The van der Waals surface area contributed by atoms with Gasteiger partial charge in [0, 0.05) is 79.7 Å². The van der Waals surface area contributed by atoms with Crippen molar-refractivity contribution in [1.82, 2.24) is 0 Å². The van der Waals surface area contributed by atoms with Crippen LogP contribution < -0.4 is 5.46 Å². The fourth-order valence-electron chi connectivity index (χ4n) is 19.5. The van der Waals surface area contributed by atoms with Crippen LogP contribution in [0, 0.1) is 269 Å². The van der Waals surface area contributed by atoms with Crippen molar-refractivity contribution in [2.45, 2.75) is 122 Å². The highest BCUT2D eigenvalue weighted by Crippen LogP contribution is 2.58. The molecule has 27 heteroatoms. The van der Waals surface area contributed by atoms with E-state index in [2.05, 4.69) is 366 Å². The average Bonchev–Trinajstić information content (AvgIpc) is 0.688. The molecule has 0 aliphatic heterocycles. The maximum absolute atomic E-state index is 6.17. The van der Waals surface area contributed by atoms with Gasteiger partial charge in [-0.3, -0.25) is 0 Å². The number of allylic oxidation sites excluding steroid dienone is 1. The SMILES string of the molecule is BBB(B)B(B(B)B)C1=C(B(B(B)B)B(B)B)C(B(BB)B(B)B)C(B(B)B(B)B)c2c1c(B)c(C)c(C)c2-c1c(C)c(C)c(C)c2c(C)c3c(-c4c(C)c5c(C)c(C)c(C#CC)c(C#CC#C)c5c5c(C#CC#CC)c(C#CC#CC#C)c(C#CC#CC#CC)c(C#CC#CC#CC#C)c45)c(C)c(C)c(C)c3c(C)c12. The molecule has 0 spiro atoms. The first-order valence-electron chi connectivity index (χ1n) is 39.9. The number of rotatable bonds is 14. The lowest BCUT2D eigenvalue weighted by atomic mass is 8.66. The number of hydrogen-bond donors (Lipinski definition) is 0. The average molecular weight is 1390 g/mol. The first-order valence-corrected chi connectivity index (χ1v) is 39.9. The molecule has 0 fully saturated rings. The molecule has 8 rings (SSSR count). The Balaban J connectivity index is 1.89. The molecule has 7 aromatic rings. The molecule has 502 valence electrons. The summed E-state index contributed by atoms with van der Waals surface area (Å²) in [6.45, 7) is 37.4. The Labute approximate surface area is 689 Å². The van der Waals surface area contributed by atoms with Crippen LogP contribution >= 0.6 is 0 Å². The van der Waals surface area contributed by atoms with Crippen LogP contribution in [0.25, 0.3) is 70.8 Å². The van der Waals surface area contributed by atoms with E-state index < -0.39 is 0 Å². The van der Waals surface area contributed by atoms with E-state index in [1.165, 1.54) is 82.8 Å². The zero-order valence-electron chi connectivity index (χ0n) is 72.6. The van der Waals surface area contributed by atoms with Crippen molar-refractivity contribution in [3.8, 4) is 201 Å². The van der Waals surface area contributed by atoms with E-state index in [9.17, 15) is 0 Å². The fraction of sp³-hybridized carbons (Fsp3) is 0.214. The molecular weight excluding hydrogens is 1300 g/mol. The van der Waals surface area contributed by atoms with E-state index >= 15 is 0 Å². The van der Waals surface area contributed by atoms with E-state index in [0.717, 1.165) is 74.6 Å². The summed E-state index contributed by atoms with van der Waals surface area (Å²) in [7, 11) is 40.1. The summed E-state index contributed by atoms with van der Waals surface area (Å²) >= 11 is 0. The number of aryl methyl sites for hydroxylation is 6. The van der Waals surface area contributed by atoms with Crippen LogP contribution in [-0.4, -0.2) is 195 Å². The Bertz CT molecular complexity index is 6210. The quantitative estimate of drug-likeness (QED) is 0.0450. The predicted octanol–water partition coefficient (Wildman–Crippen LogP) is -4.23. The summed E-state index contributed by atoms with van der Waals surface area (Å²) in [4.78, 5) is 0. The molecule has 0 aromatic heterocycles. The Kier molecular flexibility index (Phi) is 29.2. The first-order chi connectivity index (χ1) is 52.8. The van der Waals surface area contributed by atoms with Gasteiger partial charge < -0.3 is 0 Å². The zero-order chi connectivity index (χ0) is 82.2. The van der Waals surface area contributed by atoms with Crippen molar-refractivity contribution in [3.05, 3.63) is 122 Å². The van der Waals surface area contributed by atoms with E-state index in [4.69, 9.17) is 19.3 Å². The highest BCUT2D eigenvalue weighted by Gasteiger charge is 2.52. The minimum absolute atomic E-state index is 0.219. The van der Waals surface area contributed by atoms with Gasteiger partial charge in [0.05, 0.1) is 157 Å². The molecule has 2 atom stereocenters. The van der Waals surface area contributed by atoms with Gasteiger partial charge in [-0.05, 0) is 344 Å². The minimum atomic E-state index is 0.219. The molecule has 2 unspecified atom stereocenters. The maximum atomic E-state index is 6.17. The molecule has 0 saturated heterocycles. The van der Waals surface area contributed by atoms with E-state index in [1.807, 2.05) is 6.92 Å². The maximum Gasteiger partial charge on any atom is 0.140 e. The van der Waals surface area contributed by atoms with Gasteiger partial charge in [-0.25, -0.2) is 0 Å². The Morgan fingerprint density at radius 2 is 0.685 bits per heavy atom. The van der Waals surface area contributed by atoms with E-state index in [1.54, 1.807) is 35.9 Å². The second kappa shape index (κ2) is 37.2. The first kappa shape index (κ1) is 87.1. The van der Waals surface area contributed by atoms with Crippen LogP contribution in [-0.2, 0) is 0 Å². The highest BCUT2D eigenvalue weighted by molar-refractivity contribution is 7.89. The van der Waals surface area contributed by atoms with Gasteiger partial charge in [0.1, 0.15) is 7.85 Å². The van der Waals surface area contributed by atoms with Crippen LogP contribution in [0.1, 0.15) is 143 Å². The smallest absolute Gasteiger partial charge is 0.132 e. The molecule has 0 heterocycles. The van der Waals surface area contributed by atoms with E-state index in [-0.39, 0.29) is 5.82 Å². The summed E-state index contributed by atoms with van der Waals surface area (Å²) in [5.74, 6) is 83.0. The standard InChI is InChI=1S/C84H85B27/c1-20-26-31-34-36-40-46-64-61(44-39-35-32-27-21-2)62(43-38-33-28-22-3)65(45-37-29-23-4)77-75-63(42-30-24-5)60(41-25-6)49(9)54(14)68(75)59(19)74(76(64)77)70-53(13)48(8)51(11)67-57(17)72-66(58(18)73(67)70)50(10)47(7)52(12)69(72)71-55(15)56(16)80(85)79-78(71)81(102(88)106(89)90)83(103(100-86)107(91)92)84(104(108(93)94)109(95)96)82(79)105(110(97)98)111(99)101-87/h1,3,5,81,83,100-101H,85-99H2,2,4,6-19H3. The summed E-state index contributed by atoms with van der Waals surface area (Å²) in [6, 6.07) is 0. The highest BCUT2D eigenvalue weighted by atomic mass is 14.4.